The fourth-order valence-corrected chi connectivity index (χ4v) is 0.316. The largest absolute Gasteiger partial charge is 0.384 e. The molecule has 1 heterocycles. The molecule has 0 atom stereocenters. The average molecular weight is 96.1 g/mol. The van der Waals surface area contributed by atoms with E-state index in [4.69, 9.17) is 5.73 Å². The van der Waals surface area contributed by atoms with Gasteiger partial charge in [-0.2, -0.15) is 5.10 Å². The highest BCUT2D eigenvalue weighted by molar-refractivity contribution is 5.33. The molecule has 0 saturated heterocycles. The van der Waals surface area contributed by atoms with Crippen LogP contribution in [0, 0.1) is 13.1 Å². The molecule has 0 amide bonds. The lowest BCUT2D eigenvalue weighted by molar-refractivity contribution is 1.09. The van der Waals surface area contributed by atoms with Crippen molar-refractivity contribution in [1.29, 1.82) is 0 Å². The van der Waals surface area contributed by atoms with Crippen LogP contribution in [0.2, 0.25) is 0 Å². The van der Waals surface area contributed by atoms with Crippen molar-refractivity contribution in [1.82, 2.24) is 10.2 Å². The van der Waals surface area contributed by atoms with Crippen molar-refractivity contribution >= 4 is 5.82 Å². The lowest BCUT2D eigenvalue weighted by Gasteiger charge is -1.79. The molecule has 3 nitrogen and oxygen atoms in total. The topological polar surface area (TPSA) is 54.7 Å². The number of hydrogen-bond donors (Lipinski definition) is 2. The summed E-state index contributed by atoms with van der Waals surface area (Å²) in [6, 6.07) is 0. The second-order valence-electron chi connectivity index (χ2n) is 1.37. The van der Waals surface area contributed by atoms with Crippen molar-refractivity contribution in [3.8, 4) is 0 Å². The molecule has 3 heteroatoms. The smallest absolute Gasteiger partial charge is 0.122 e. The predicted octanol–water partition coefficient (Wildman–Crippen LogP) is 0.101. The van der Waals surface area contributed by atoms with Gasteiger partial charge < -0.3 is 5.73 Å². The van der Waals surface area contributed by atoms with Crippen LogP contribution in [0.15, 0.2) is 0 Å². The molecule has 1 aromatic heterocycles. The SMILES string of the molecule is Cc1[c]n[nH]c1N. The molecule has 0 aromatic carbocycles. The molecule has 0 aliphatic carbocycles. The Kier molecular flexibility index (Phi) is 0.749. The van der Waals surface area contributed by atoms with Gasteiger partial charge in [-0.15, -0.1) is 0 Å². The number of H-pyrrole nitrogens is 1. The lowest BCUT2D eigenvalue weighted by atomic mass is 10.4. The van der Waals surface area contributed by atoms with E-state index in [1.807, 2.05) is 6.92 Å². The summed E-state index contributed by atoms with van der Waals surface area (Å²) in [4.78, 5) is 0. The van der Waals surface area contributed by atoms with Crippen molar-refractivity contribution in [2.24, 2.45) is 0 Å². The Morgan fingerprint density at radius 1 is 1.86 bits per heavy atom. The van der Waals surface area contributed by atoms with Crippen LogP contribution >= 0.6 is 0 Å². The number of aromatic amines is 1. The van der Waals surface area contributed by atoms with Crippen LogP contribution in [-0.2, 0) is 0 Å². The minimum Gasteiger partial charge on any atom is -0.384 e. The van der Waals surface area contributed by atoms with Gasteiger partial charge in [0.1, 0.15) is 12.0 Å². The number of nitrogens with zero attached hydrogens (tertiary/aromatic N) is 1. The van der Waals surface area contributed by atoms with Crippen LogP contribution in [0.1, 0.15) is 5.56 Å². The predicted molar refractivity (Wildman–Crippen MR) is 26.6 cm³/mol. The number of rotatable bonds is 0. The van der Waals surface area contributed by atoms with Gasteiger partial charge in [0, 0.05) is 5.56 Å². The molecule has 1 radical (unpaired) electrons. The number of aryl methyl sites for hydroxylation is 1. The Morgan fingerprint density at radius 2 is 2.57 bits per heavy atom. The molecule has 37 valence electrons. The maximum atomic E-state index is 5.29. The molecule has 0 bridgehead atoms. The van der Waals surface area contributed by atoms with Crippen LogP contribution in [0.25, 0.3) is 0 Å². The summed E-state index contributed by atoms with van der Waals surface area (Å²) in [6.07, 6.45) is 2.64. The van der Waals surface area contributed by atoms with Gasteiger partial charge >= 0.3 is 0 Å². The zero-order valence-electron chi connectivity index (χ0n) is 4.02. The molecule has 1 rings (SSSR count). The van der Waals surface area contributed by atoms with Crippen LogP contribution < -0.4 is 5.73 Å². The van der Waals surface area contributed by atoms with E-state index >= 15 is 0 Å². The van der Waals surface area contributed by atoms with E-state index < -0.39 is 0 Å². The summed E-state index contributed by atoms with van der Waals surface area (Å²) in [5.74, 6) is 0.597. The van der Waals surface area contributed by atoms with Gasteiger partial charge in [-0.3, -0.25) is 5.10 Å². The Morgan fingerprint density at radius 3 is 2.71 bits per heavy atom. The van der Waals surface area contributed by atoms with Gasteiger partial charge in [-0.1, -0.05) is 0 Å². The fourth-order valence-electron chi connectivity index (χ4n) is 0.316. The van der Waals surface area contributed by atoms with Gasteiger partial charge in [-0.05, 0) is 6.92 Å². The molecule has 0 spiro atoms. The van der Waals surface area contributed by atoms with Crippen molar-refractivity contribution in [2.45, 2.75) is 6.92 Å². The summed E-state index contributed by atoms with van der Waals surface area (Å²) >= 11 is 0. The highest BCUT2D eigenvalue weighted by Crippen LogP contribution is 1.99. The summed E-state index contributed by atoms with van der Waals surface area (Å²) in [5.41, 5.74) is 6.17. The molecule has 7 heavy (non-hydrogen) atoms. The van der Waals surface area contributed by atoms with Crippen LogP contribution in [0.4, 0.5) is 5.82 Å². The molecule has 0 unspecified atom stereocenters. The Hall–Kier alpha value is -0.990. The summed E-state index contributed by atoms with van der Waals surface area (Å²) < 4.78 is 0. The van der Waals surface area contributed by atoms with Crippen molar-refractivity contribution in [2.75, 3.05) is 5.73 Å². The second kappa shape index (κ2) is 1.26. The first kappa shape index (κ1) is 4.18. The van der Waals surface area contributed by atoms with E-state index in [-0.39, 0.29) is 0 Å². The number of hydrogen-bond acceptors (Lipinski definition) is 2. The number of aromatic nitrogens is 2. The van der Waals surface area contributed by atoms with Gasteiger partial charge in [0.2, 0.25) is 0 Å². The third-order valence-corrected chi connectivity index (χ3v) is 0.804. The zero-order valence-corrected chi connectivity index (χ0v) is 4.02. The van der Waals surface area contributed by atoms with E-state index in [9.17, 15) is 0 Å². The van der Waals surface area contributed by atoms with Crippen molar-refractivity contribution in [3.05, 3.63) is 11.8 Å². The zero-order chi connectivity index (χ0) is 5.28. The van der Waals surface area contributed by atoms with Crippen LogP contribution in [-0.4, -0.2) is 10.2 Å². The Labute approximate surface area is 41.5 Å². The Balaban J connectivity index is 3.12. The van der Waals surface area contributed by atoms with Gasteiger partial charge in [0.25, 0.3) is 0 Å². The molecular weight excluding hydrogens is 90.1 g/mol. The first-order valence-electron chi connectivity index (χ1n) is 1.99. The minimum atomic E-state index is 0.597. The monoisotopic (exact) mass is 96.1 g/mol. The van der Waals surface area contributed by atoms with E-state index in [1.165, 1.54) is 0 Å². The standard InChI is InChI=1S/C4H6N3/c1-3-2-6-7-4(3)5/h1H3,(H3,5,6,7). The quantitative estimate of drug-likeness (QED) is 0.481. The van der Waals surface area contributed by atoms with Gasteiger partial charge in [0.15, 0.2) is 0 Å². The summed E-state index contributed by atoms with van der Waals surface area (Å²) in [5, 5.41) is 6.09. The first-order chi connectivity index (χ1) is 3.30. The number of nitrogens with two attached hydrogens (primary N) is 1. The normalized spacial score (nSPS) is 9.29. The number of nitrogen functional groups attached to an aromatic ring is 1. The fraction of sp³-hybridized carbons (Fsp3) is 0.250. The molecule has 0 aliphatic heterocycles. The van der Waals surface area contributed by atoms with Crippen LogP contribution in [0.5, 0.6) is 0 Å². The van der Waals surface area contributed by atoms with E-state index in [0.717, 1.165) is 5.56 Å². The maximum absolute atomic E-state index is 5.29. The lowest BCUT2D eigenvalue weighted by Crippen LogP contribution is -1.85. The highest BCUT2D eigenvalue weighted by atomic mass is 15.1. The highest BCUT2D eigenvalue weighted by Gasteiger charge is 1.89. The number of anilines is 1. The molecule has 0 fully saturated rings. The van der Waals surface area contributed by atoms with Gasteiger partial charge in [0.05, 0.1) is 0 Å². The summed E-state index contributed by atoms with van der Waals surface area (Å²) in [6.45, 7) is 1.85. The van der Waals surface area contributed by atoms with Crippen LogP contribution in [0.3, 0.4) is 0 Å². The maximum Gasteiger partial charge on any atom is 0.122 e. The third kappa shape index (κ3) is 0.559. The minimum absolute atomic E-state index is 0.597. The summed E-state index contributed by atoms with van der Waals surface area (Å²) in [7, 11) is 0. The molecule has 3 N–H and O–H groups in total. The molecule has 0 saturated carbocycles. The average Bonchev–Trinajstić information content (AvgIpc) is 1.91. The van der Waals surface area contributed by atoms with E-state index in [1.54, 1.807) is 0 Å². The molecule has 0 aliphatic rings. The van der Waals surface area contributed by atoms with Gasteiger partial charge in [-0.25, -0.2) is 0 Å². The first-order valence-corrected chi connectivity index (χ1v) is 1.99. The van der Waals surface area contributed by atoms with E-state index in [0.29, 0.717) is 5.82 Å². The molecule has 1 aromatic rings. The molecular formula is C4H6N3. The second-order valence-corrected chi connectivity index (χ2v) is 1.37. The van der Waals surface area contributed by atoms with Crippen molar-refractivity contribution in [3.63, 3.8) is 0 Å². The number of nitrogens with one attached hydrogen (secondary N) is 1. The Bertz CT molecular complexity index is 139. The van der Waals surface area contributed by atoms with E-state index in [2.05, 4.69) is 16.4 Å². The third-order valence-electron chi connectivity index (χ3n) is 0.804. The van der Waals surface area contributed by atoms with Crippen molar-refractivity contribution < 1.29 is 0 Å².